The number of hydrogen-bond donors (Lipinski definition) is 1. The third kappa shape index (κ3) is 3.59. The van der Waals surface area contributed by atoms with Crippen molar-refractivity contribution >= 4 is 5.91 Å². The van der Waals surface area contributed by atoms with E-state index >= 15 is 0 Å². The smallest absolute Gasteiger partial charge is 0.258 e. The highest BCUT2D eigenvalue weighted by Crippen LogP contribution is 2.16. The molecule has 1 aromatic heterocycles. The molecule has 102 valence electrons. The lowest BCUT2D eigenvalue weighted by atomic mass is 10.2. The lowest BCUT2D eigenvalue weighted by Crippen LogP contribution is -2.28. The van der Waals surface area contributed by atoms with Crippen LogP contribution in [0.25, 0.3) is 0 Å². The SMILES string of the molecule is Cc1cc(CNC(=O)COc2ccccc2C#N)on1. The fraction of sp³-hybridized carbons (Fsp3) is 0.214. The van der Waals surface area contributed by atoms with E-state index in [0.717, 1.165) is 5.69 Å². The Morgan fingerprint density at radius 3 is 3.00 bits per heavy atom. The Balaban J connectivity index is 1.82. The van der Waals surface area contributed by atoms with Gasteiger partial charge in [-0.2, -0.15) is 5.26 Å². The Morgan fingerprint density at radius 1 is 1.50 bits per heavy atom. The molecule has 6 heteroatoms. The summed E-state index contributed by atoms with van der Waals surface area (Å²) in [5.41, 5.74) is 1.15. The Labute approximate surface area is 115 Å². The Kier molecular flexibility index (Phi) is 4.35. The molecule has 1 N–H and O–H groups in total. The number of nitrogens with zero attached hydrogens (tertiary/aromatic N) is 2. The molecular formula is C14H13N3O3. The van der Waals surface area contributed by atoms with Gasteiger partial charge in [0.1, 0.15) is 11.8 Å². The van der Waals surface area contributed by atoms with Crippen LogP contribution < -0.4 is 10.1 Å². The first-order valence-electron chi connectivity index (χ1n) is 6.00. The molecule has 2 rings (SSSR count). The average Bonchev–Trinajstić information content (AvgIpc) is 2.89. The number of carbonyl (C=O) groups is 1. The van der Waals surface area contributed by atoms with Crippen molar-refractivity contribution in [1.82, 2.24) is 10.5 Å². The van der Waals surface area contributed by atoms with Gasteiger partial charge in [0.25, 0.3) is 5.91 Å². The van der Waals surface area contributed by atoms with Crippen LogP contribution in [0.2, 0.25) is 0 Å². The van der Waals surface area contributed by atoms with Crippen LogP contribution in [0.1, 0.15) is 17.0 Å². The average molecular weight is 271 g/mol. The maximum absolute atomic E-state index is 11.6. The van der Waals surface area contributed by atoms with Crippen LogP contribution in [-0.4, -0.2) is 17.7 Å². The van der Waals surface area contributed by atoms with E-state index in [1.54, 1.807) is 37.3 Å². The normalized spacial score (nSPS) is 9.80. The highest BCUT2D eigenvalue weighted by molar-refractivity contribution is 5.77. The maximum Gasteiger partial charge on any atom is 0.258 e. The predicted molar refractivity (Wildman–Crippen MR) is 69.7 cm³/mol. The van der Waals surface area contributed by atoms with E-state index in [1.165, 1.54) is 0 Å². The number of aryl methyl sites for hydroxylation is 1. The van der Waals surface area contributed by atoms with Gasteiger partial charge < -0.3 is 14.6 Å². The molecule has 1 heterocycles. The van der Waals surface area contributed by atoms with Crippen molar-refractivity contribution in [2.75, 3.05) is 6.61 Å². The minimum absolute atomic E-state index is 0.161. The number of amides is 1. The first-order valence-corrected chi connectivity index (χ1v) is 6.00. The zero-order valence-electron chi connectivity index (χ0n) is 10.9. The molecule has 0 aliphatic carbocycles. The third-order valence-electron chi connectivity index (χ3n) is 2.50. The molecule has 0 spiro atoms. The summed E-state index contributed by atoms with van der Waals surface area (Å²) < 4.78 is 10.3. The van der Waals surface area contributed by atoms with Gasteiger partial charge in [0.05, 0.1) is 17.8 Å². The molecular weight excluding hydrogens is 258 g/mol. The summed E-state index contributed by atoms with van der Waals surface area (Å²) in [5.74, 6) is 0.667. The topological polar surface area (TPSA) is 88.1 Å². The zero-order valence-corrected chi connectivity index (χ0v) is 10.9. The van der Waals surface area contributed by atoms with E-state index in [0.29, 0.717) is 17.1 Å². The van der Waals surface area contributed by atoms with Gasteiger partial charge in [0.15, 0.2) is 12.4 Å². The van der Waals surface area contributed by atoms with Crippen molar-refractivity contribution in [3.8, 4) is 11.8 Å². The fourth-order valence-electron chi connectivity index (χ4n) is 1.56. The van der Waals surface area contributed by atoms with Gasteiger partial charge in [-0.3, -0.25) is 4.79 Å². The van der Waals surface area contributed by atoms with Crippen molar-refractivity contribution in [2.45, 2.75) is 13.5 Å². The van der Waals surface area contributed by atoms with Gasteiger partial charge in [-0.1, -0.05) is 17.3 Å². The van der Waals surface area contributed by atoms with E-state index in [4.69, 9.17) is 14.5 Å². The van der Waals surface area contributed by atoms with Gasteiger partial charge >= 0.3 is 0 Å². The maximum atomic E-state index is 11.6. The first kappa shape index (κ1) is 13.6. The second-order valence-electron chi connectivity index (χ2n) is 4.11. The van der Waals surface area contributed by atoms with Crippen LogP contribution in [-0.2, 0) is 11.3 Å². The van der Waals surface area contributed by atoms with Gasteiger partial charge in [-0.25, -0.2) is 0 Å². The molecule has 6 nitrogen and oxygen atoms in total. The van der Waals surface area contributed by atoms with Gasteiger partial charge in [-0.05, 0) is 19.1 Å². The summed E-state index contributed by atoms with van der Waals surface area (Å²) in [6.45, 7) is 1.89. The van der Waals surface area contributed by atoms with Crippen LogP contribution in [0.4, 0.5) is 0 Å². The van der Waals surface area contributed by atoms with Crippen molar-refractivity contribution in [2.24, 2.45) is 0 Å². The summed E-state index contributed by atoms with van der Waals surface area (Å²) in [7, 11) is 0. The van der Waals surface area contributed by atoms with E-state index in [2.05, 4.69) is 10.5 Å². The van der Waals surface area contributed by atoms with Gasteiger partial charge in [0.2, 0.25) is 0 Å². The molecule has 0 unspecified atom stereocenters. The molecule has 0 saturated heterocycles. The minimum atomic E-state index is -0.299. The van der Waals surface area contributed by atoms with Crippen molar-refractivity contribution in [3.63, 3.8) is 0 Å². The van der Waals surface area contributed by atoms with E-state index in [9.17, 15) is 4.79 Å². The highest BCUT2D eigenvalue weighted by Gasteiger charge is 2.07. The number of nitrogens with one attached hydrogen (secondary N) is 1. The number of carbonyl (C=O) groups excluding carboxylic acids is 1. The Hall–Kier alpha value is -2.81. The van der Waals surface area contributed by atoms with Crippen molar-refractivity contribution in [1.29, 1.82) is 5.26 Å². The molecule has 0 atom stereocenters. The number of benzene rings is 1. The molecule has 20 heavy (non-hydrogen) atoms. The monoisotopic (exact) mass is 271 g/mol. The summed E-state index contributed by atoms with van der Waals surface area (Å²) in [6.07, 6.45) is 0. The highest BCUT2D eigenvalue weighted by atomic mass is 16.5. The summed E-state index contributed by atoms with van der Waals surface area (Å²) in [5, 5.41) is 15.2. The van der Waals surface area contributed by atoms with Gasteiger partial charge in [0, 0.05) is 6.07 Å². The molecule has 0 fully saturated rings. The second kappa shape index (κ2) is 6.38. The lowest BCUT2D eigenvalue weighted by molar-refractivity contribution is -0.123. The first-order chi connectivity index (χ1) is 9.69. The Morgan fingerprint density at radius 2 is 2.30 bits per heavy atom. The van der Waals surface area contributed by atoms with Gasteiger partial charge in [-0.15, -0.1) is 0 Å². The van der Waals surface area contributed by atoms with Crippen LogP contribution in [0.5, 0.6) is 5.75 Å². The van der Waals surface area contributed by atoms with E-state index in [1.807, 2.05) is 6.07 Å². The van der Waals surface area contributed by atoms with E-state index in [-0.39, 0.29) is 19.1 Å². The molecule has 0 bridgehead atoms. The summed E-state index contributed by atoms with van der Waals surface area (Å²) in [6, 6.07) is 10.5. The van der Waals surface area contributed by atoms with Crippen molar-refractivity contribution < 1.29 is 14.1 Å². The van der Waals surface area contributed by atoms with Crippen LogP contribution in [0.3, 0.4) is 0 Å². The number of para-hydroxylation sites is 1. The number of nitriles is 1. The summed E-state index contributed by atoms with van der Waals surface area (Å²) >= 11 is 0. The number of aromatic nitrogens is 1. The summed E-state index contributed by atoms with van der Waals surface area (Å²) in [4.78, 5) is 11.6. The van der Waals surface area contributed by atoms with Crippen molar-refractivity contribution in [3.05, 3.63) is 47.3 Å². The van der Waals surface area contributed by atoms with E-state index < -0.39 is 0 Å². The quantitative estimate of drug-likeness (QED) is 0.891. The molecule has 1 aromatic carbocycles. The number of hydrogen-bond acceptors (Lipinski definition) is 5. The fourth-order valence-corrected chi connectivity index (χ4v) is 1.56. The van der Waals surface area contributed by atoms with Crippen LogP contribution in [0.15, 0.2) is 34.9 Å². The third-order valence-corrected chi connectivity index (χ3v) is 2.50. The molecule has 0 aliphatic heterocycles. The molecule has 0 saturated carbocycles. The number of rotatable bonds is 5. The molecule has 2 aromatic rings. The van der Waals surface area contributed by atoms with Crippen LogP contribution in [0, 0.1) is 18.3 Å². The molecule has 0 radical (unpaired) electrons. The Bertz CT molecular complexity index is 643. The molecule has 1 amide bonds. The largest absolute Gasteiger partial charge is 0.482 e. The second-order valence-corrected chi connectivity index (χ2v) is 4.11. The van der Waals surface area contributed by atoms with Crippen LogP contribution >= 0.6 is 0 Å². The predicted octanol–water partition coefficient (Wildman–Crippen LogP) is 1.55. The number of ether oxygens (including phenoxy) is 1. The zero-order chi connectivity index (χ0) is 14.4. The minimum Gasteiger partial charge on any atom is -0.482 e. The standard InChI is InChI=1S/C14H13N3O3/c1-10-6-12(20-17-10)8-16-14(18)9-19-13-5-3-2-4-11(13)7-15/h2-6H,8-9H2,1H3,(H,16,18). The lowest BCUT2D eigenvalue weighted by Gasteiger charge is -2.07. The molecule has 0 aliphatic rings.